The van der Waals surface area contributed by atoms with Crippen LogP contribution < -0.4 is 5.32 Å². The molecule has 1 N–H and O–H groups in total. The van der Waals surface area contributed by atoms with Crippen molar-refractivity contribution in [3.8, 4) is 0 Å². The van der Waals surface area contributed by atoms with Gasteiger partial charge in [0.05, 0.1) is 0 Å². The number of nitrogens with zero attached hydrogens (tertiary/aromatic N) is 1. The molecule has 0 atom stereocenters. The first-order valence-corrected chi connectivity index (χ1v) is 7.47. The summed E-state index contributed by atoms with van der Waals surface area (Å²) in [6, 6.07) is 14.9. The fourth-order valence-electron chi connectivity index (χ4n) is 2.52. The molecule has 0 unspecified atom stereocenters. The zero-order valence-electron chi connectivity index (χ0n) is 11.7. The monoisotopic (exact) mass is 328 g/mol. The summed E-state index contributed by atoms with van der Waals surface area (Å²) in [5, 5.41) is 4.82. The van der Waals surface area contributed by atoms with E-state index in [2.05, 4.69) is 88.4 Å². The Morgan fingerprint density at radius 1 is 1.15 bits per heavy atom. The molecule has 1 heterocycles. The van der Waals surface area contributed by atoms with Gasteiger partial charge >= 0.3 is 0 Å². The van der Waals surface area contributed by atoms with E-state index in [-0.39, 0.29) is 0 Å². The lowest BCUT2D eigenvalue weighted by Gasteiger charge is -2.07. The smallest absolute Gasteiger partial charge is 0.0481 e. The van der Waals surface area contributed by atoms with E-state index in [9.17, 15) is 0 Å². The molecule has 0 radical (unpaired) electrons. The predicted octanol–water partition coefficient (Wildman–Crippen LogP) is 4.86. The number of benzene rings is 2. The number of fused-ring (bicyclic) bond motifs is 1. The Balaban J connectivity index is 1.85. The lowest BCUT2D eigenvalue weighted by Crippen LogP contribution is -1.99. The lowest BCUT2D eigenvalue weighted by molar-refractivity contribution is 0.956. The van der Waals surface area contributed by atoms with Gasteiger partial charge in [-0.2, -0.15) is 0 Å². The third-order valence-electron chi connectivity index (χ3n) is 3.62. The standard InChI is InChI=1S/C17H17BrN2/c1-12-9-14(7-8-16(12)18)19-10-13-11-20(2)17-6-4-3-5-15(13)17/h3-9,11,19H,10H2,1-2H3. The highest BCUT2D eigenvalue weighted by Gasteiger charge is 2.05. The van der Waals surface area contributed by atoms with E-state index in [0.717, 1.165) is 16.7 Å². The molecule has 0 aliphatic heterocycles. The van der Waals surface area contributed by atoms with Crippen molar-refractivity contribution in [1.82, 2.24) is 4.57 Å². The van der Waals surface area contributed by atoms with Crippen molar-refractivity contribution in [2.45, 2.75) is 13.5 Å². The Bertz CT molecular complexity index is 759. The van der Waals surface area contributed by atoms with Gasteiger partial charge in [-0.1, -0.05) is 34.1 Å². The van der Waals surface area contributed by atoms with Crippen molar-refractivity contribution in [1.29, 1.82) is 0 Å². The zero-order chi connectivity index (χ0) is 14.1. The number of hydrogen-bond donors (Lipinski definition) is 1. The number of nitrogens with one attached hydrogen (secondary N) is 1. The summed E-state index contributed by atoms with van der Waals surface area (Å²) in [4.78, 5) is 0. The molecule has 3 heteroatoms. The van der Waals surface area contributed by atoms with Gasteiger partial charge in [0.2, 0.25) is 0 Å². The highest BCUT2D eigenvalue weighted by atomic mass is 79.9. The maximum Gasteiger partial charge on any atom is 0.0481 e. The minimum Gasteiger partial charge on any atom is -0.381 e. The maximum atomic E-state index is 3.53. The first-order valence-electron chi connectivity index (χ1n) is 6.68. The van der Waals surface area contributed by atoms with Crippen LogP contribution in [0.5, 0.6) is 0 Å². The average molecular weight is 329 g/mol. The molecule has 3 aromatic rings. The van der Waals surface area contributed by atoms with Gasteiger partial charge in [0, 0.05) is 40.9 Å². The van der Waals surface area contributed by atoms with Crippen molar-refractivity contribution in [3.63, 3.8) is 0 Å². The van der Waals surface area contributed by atoms with Gasteiger partial charge in [-0.3, -0.25) is 0 Å². The molecule has 0 spiro atoms. The Kier molecular flexibility index (Phi) is 3.53. The van der Waals surface area contributed by atoms with Crippen molar-refractivity contribution >= 4 is 32.5 Å². The number of para-hydroxylation sites is 1. The Morgan fingerprint density at radius 3 is 2.75 bits per heavy atom. The quantitative estimate of drug-likeness (QED) is 0.726. The van der Waals surface area contributed by atoms with E-state index in [1.165, 1.54) is 22.0 Å². The molecule has 3 rings (SSSR count). The number of rotatable bonds is 3. The van der Waals surface area contributed by atoms with Crippen LogP contribution in [-0.2, 0) is 13.6 Å². The third kappa shape index (κ3) is 2.46. The van der Waals surface area contributed by atoms with E-state index in [1.54, 1.807) is 0 Å². The highest BCUT2D eigenvalue weighted by Crippen LogP contribution is 2.23. The van der Waals surface area contributed by atoms with Crippen molar-refractivity contribution < 1.29 is 0 Å². The van der Waals surface area contributed by atoms with Crippen molar-refractivity contribution in [2.24, 2.45) is 7.05 Å². The van der Waals surface area contributed by atoms with Gasteiger partial charge in [0.25, 0.3) is 0 Å². The van der Waals surface area contributed by atoms with E-state index in [4.69, 9.17) is 0 Å². The van der Waals surface area contributed by atoms with Crippen LogP contribution >= 0.6 is 15.9 Å². The minimum absolute atomic E-state index is 0.836. The van der Waals surface area contributed by atoms with Crippen LogP contribution in [-0.4, -0.2) is 4.57 Å². The normalized spacial score (nSPS) is 10.9. The number of hydrogen-bond acceptors (Lipinski definition) is 1. The van der Waals surface area contributed by atoms with Crippen LogP contribution in [0.4, 0.5) is 5.69 Å². The summed E-state index contributed by atoms with van der Waals surface area (Å²) < 4.78 is 3.33. The fourth-order valence-corrected chi connectivity index (χ4v) is 2.77. The fraction of sp³-hybridized carbons (Fsp3) is 0.176. The molecule has 2 aromatic carbocycles. The van der Waals surface area contributed by atoms with Gasteiger partial charge in [-0.25, -0.2) is 0 Å². The van der Waals surface area contributed by atoms with Crippen LogP contribution in [0.3, 0.4) is 0 Å². The summed E-state index contributed by atoms with van der Waals surface area (Å²) in [6.45, 7) is 2.94. The molecular formula is C17H17BrN2. The lowest BCUT2D eigenvalue weighted by atomic mass is 10.1. The van der Waals surface area contributed by atoms with Crippen LogP contribution in [0.15, 0.2) is 53.1 Å². The second kappa shape index (κ2) is 5.33. The predicted molar refractivity (Wildman–Crippen MR) is 89.1 cm³/mol. The molecular weight excluding hydrogens is 312 g/mol. The number of aromatic nitrogens is 1. The van der Waals surface area contributed by atoms with Gasteiger partial charge < -0.3 is 9.88 Å². The van der Waals surface area contributed by atoms with Crippen LogP contribution in [0, 0.1) is 6.92 Å². The number of anilines is 1. The number of halogens is 1. The second-order valence-corrected chi connectivity index (χ2v) is 5.95. The van der Waals surface area contributed by atoms with Gasteiger partial charge in [-0.05, 0) is 42.3 Å². The topological polar surface area (TPSA) is 17.0 Å². The largest absolute Gasteiger partial charge is 0.381 e. The van der Waals surface area contributed by atoms with Gasteiger partial charge in [0.15, 0.2) is 0 Å². The van der Waals surface area contributed by atoms with Crippen molar-refractivity contribution in [2.75, 3.05) is 5.32 Å². The summed E-state index contributed by atoms with van der Waals surface area (Å²) in [5.74, 6) is 0. The molecule has 0 aliphatic rings. The second-order valence-electron chi connectivity index (χ2n) is 5.10. The van der Waals surface area contributed by atoms with E-state index < -0.39 is 0 Å². The average Bonchev–Trinajstić information content (AvgIpc) is 2.78. The summed E-state index contributed by atoms with van der Waals surface area (Å²) >= 11 is 3.53. The SMILES string of the molecule is Cc1cc(NCc2cn(C)c3ccccc23)ccc1Br. The summed E-state index contributed by atoms with van der Waals surface area (Å²) in [6.07, 6.45) is 2.20. The Labute approximate surface area is 127 Å². The van der Waals surface area contributed by atoms with E-state index >= 15 is 0 Å². The molecule has 0 aliphatic carbocycles. The van der Waals surface area contributed by atoms with Crippen LogP contribution in [0.2, 0.25) is 0 Å². The summed E-state index contributed by atoms with van der Waals surface area (Å²) in [5.41, 5.74) is 4.99. The zero-order valence-corrected chi connectivity index (χ0v) is 13.2. The van der Waals surface area contributed by atoms with Gasteiger partial charge in [0.1, 0.15) is 0 Å². The van der Waals surface area contributed by atoms with Crippen molar-refractivity contribution in [3.05, 3.63) is 64.3 Å². The maximum absolute atomic E-state index is 3.53. The van der Waals surface area contributed by atoms with E-state index in [0.29, 0.717) is 0 Å². The van der Waals surface area contributed by atoms with E-state index in [1.807, 2.05) is 0 Å². The first kappa shape index (κ1) is 13.3. The Hall–Kier alpha value is -1.74. The Morgan fingerprint density at radius 2 is 1.95 bits per heavy atom. The van der Waals surface area contributed by atoms with Gasteiger partial charge in [-0.15, -0.1) is 0 Å². The molecule has 0 saturated carbocycles. The number of aryl methyl sites for hydroxylation is 2. The first-order chi connectivity index (χ1) is 9.65. The molecule has 2 nitrogen and oxygen atoms in total. The molecule has 20 heavy (non-hydrogen) atoms. The molecule has 0 bridgehead atoms. The molecule has 0 fully saturated rings. The molecule has 0 saturated heterocycles. The molecule has 102 valence electrons. The minimum atomic E-state index is 0.836. The van der Waals surface area contributed by atoms with Crippen LogP contribution in [0.1, 0.15) is 11.1 Å². The summed E-state index contributed by atoms with van der Waals surface area (Å²) in [7, 11) is 2.09. The molecule has 0 amide bonds. The van der Waals surface area contributed by atoms with Crippen LogP contribution in [0.25, 0.3) is 10.9 Å². The molecule has 1 aromatic heterocycles. The highest BCUT2D eigenvalue weighted by molar-refractivity contribution is 9.10. The third-order valence-corrected chi connectivity index (χ3v) is 4.51.